The van der Waals surface area contributed by atoms with Gasteiger partial charge in [-0.1, -0.05) is 6.07 Å². The summed E-state index contributed by atoms with van der Waals surface area (Å²) in [6, 6.07) is 11.3. The van der Waals surface area contributed by atoms with Crippen molar-refractivity contribution >= 4 is 34.5 Å². The molecule has 1 aliphatic rings. The topological polar surface area (TPSA) is 61.4 Å². The molecule has 2 amide bonds. The highest BCUT2D eigenvalue weighted by atomic mass is 32.1. The van der Waals surface area contributed by atoms with Crippen molar-refractivity contribution in [3.63, 3.8) is 0 Å². The van der Waals surface area contributed by atoms with Crippen LogP contribution in [0.25, 0.3) is 0 Å². The van der Waals surface area contributed by atoms with Crippen molar-refractivity contribution in [1.29, 1.82) is 0 Å². The Bertz CT molecular complexity index is 653. The number of thiophene rings is 1. The Labute approximate surface area is 132 Å². The lowest BCUT2D eigenvalue weighted by Crippen LogP contribution is -2.48. The lowest BCUT2D eigenvalue weighted by atomic mass is 10.2. The van der Waals surface area contributed by atoms with Crippen molar-refractivity contribution in [3.05, 3.63) is 46.7 Å². The van der Waals surface area contributed by atoms with Gasteiger partial charge in [-0.25, -0.2) is 0 Å². The maximum absolute atomic E-state index is 11.9. The fourth-order valence-electron chi connectivity index (χ4n) is 2.38. The Balaban J connectivity index is 1.61. The molecule has 0 bridgehead atoms. The van der Waals surface area contributed by atoms with Gasteiger partial charge >= 0.3 is 0 Å². The molecule has 0 saturated carbocycles. The van der Waals surface area contributed by atoms with Crippen LogP contribution in [-0.2, 0) is 16.0 Å². The highest BCUT2D eigenvalue weighted by molar-refractivity contribution is 7.10. The van der Waals surface area contributed by atoms with E-state index in [1.165, 1.54) is 0 Å². The molecule has 5 nitrogen and oxygen atoms in total. The molecule has 0 spiro atoms. The summed E-state index contributed by atoms with van der Waals surface area (Å²) in [7, 11) is 0. The first-order chi connectivity index (χ1) is 10.7. The van der Waals surface area contributed by atoms with E-state index in [4.69, 9.17) is 0 Å². The minimum Gasteiger partial charge on any atom is -0.326 e. The standard InChI is InChI=1S/C16H17N3O2S/c20-15(10-14-2-1-9-22-14)18-12-3-5-13(6-4-12)19-8-7-17-11-16(19)21/h1-6,9,17H,7-8,10-11H2,(H,18,20). The third-order valence-corrected chi connectivity index (χ3v) is 4.34. The molecule has 2 aromatic rings. The van der Waals surface area contributed by atoms with Gasteiger partial charge in [0, 0.05) is 29.3 Å². The minimum atomic E-state index is -0.0338. The summed E-state index contributed by atoms with van der Waals surface area (Å²) in [6.45, 7) is 1.84. The number of carbonyl (C=O) groups is 2. The largest absolute Gasteiger partial charge is 0.326 e. The SMILES string of the molecule is O=C(Cc1cccs1)Nc1ccc(N2CCNCC2=O)cc1. The van der Waals surface area contributed by atoms with Crippen LogP contribution in [0.15, 0.2) is 41.8 Å². The molecule has 1 fully saturated rings. The van der Waals surface area contributed by atoms with Crippen LogP contribution in [0.5, 0.6) is 0 Å². The van der Waals surface area contributed by atoms with E-state index >= 15 is 0 Å². The van der Waals surface area contributed by atoms with Gasteiger partial charge in [-0.15, -0.1) is 11.3 Å². The second-order valence-electron chi connectivity index (χ2n) is 5.07. The lowest BCUT2D eigenvalue weighted by molar-refractivity contribution is -0.118. The number of piperazine rings is 1. The average Bonchev–Trinajstić information content (AvgIpc) is 3.01. The quantitative estimate of drug-likeness (QED) is 0.905. The van der Waals surface area contributed by atoms with E-state index in [2.05, 4.69) is 10.6 Å². The molecule has 0 unspecified atom stereocenters. The fraction of sp³-hybridized carbons (Fsp3) is 0.250. The van der Waals surface area contributed by atoms with Crippen LogP contribution in [-0.4, -0.2) is 31.4 Å². The third kappa shape index (κ3) is 3.52. The number of carbonyl (C=O) groups excluding carboxylic acids is 2. The molecule has 1 saturated heterocycles. The summed E-state index contributed by atoms with van der Waals surface area (Å²) in [5, 5.41) is 7.88. The van der Waals surface area contributed by atoms with Crippen molar-refractivity contribution in [3.8, 4) is 0 Å². The predicted molar refractivity (Wildman–Crippen MR) is 88.3 cm³/mol. The molecule has 2 heterocycles. The molecular weight excluding hydrogens is 298 g/mol. The number of hydrogen-bond donors (Lipinski definition) is 2. The van der Waals surface area contributed by atoms with E-state index < -0.39 is 0 Å². The highest BCUT2D eigenvalue weighted by Gasteiger charge is 2.18. The van der Waals surface area contributed by atoms with Gasteiger partial charge in [0.2, 0.25) is 11.8 Å². The molecule has 1 aromatic carbocycles. The second-order valence-corrected chi connectivity index (χ2v) is 6.11. The molecular formula is C16H17N3O2S. The zero-order chi connectivity index (χ0) is 15.4. The maximum Gasteiger partial charge on any atom is 0.240 e. The Kier molecular flexibility index (Phi) is 4.50. The molecule has 6 heteroatoms. The van der Waals surface area contributed by atoms with Crippen molar-refractivity contribution in [2.24, 2.45) is 0 Å². The van der Waals surface area contributed by atoms with Crippen LogP contribution < -0.4 is 15.5 Å². The zero-order valence-corrected chi connectivity index (χ0v) is 12.9. The monoisotopic (exact) mass is 315 g/mol. The maximum atomic E-state index is 11.9. The number of benzene rings is 1. The van der Waals surface area contributed by atoms with Gasteiger partial charge in [0.15, 0.2) is 0 Å². The van der Waals surface area contributed by atoms with Crippen molar-refractivity contribution < 1.29 is 9.59 Å². The Morgan fingerprint density at radius 1 is 1.27 bits per heavy atom. The van der Waals surface area contributed by atoms with Crippen molar-refractivity contribution in [2.75, 3.05) is 29.9 Å². The molecule has 1 aromatic heterocycles. The van der Waals surface area contributed by atoms with E-state index in [0.717, 1.165) is 22.8 Å². The van der Waals surface area contributed by atoms with Crippen molar-refractivity contribution in [1.82, 2.24) is 5.32 Å². The first kappa shape index (κ1) is 14.7. The Morgan fingerprint density at radius 3 is 2.77 bits per heavy atom. The molecule has 114 valence electrons. The molecule has 0 atom stereocenters. The number of nitrogens with one attached hydrogen (secondary N) is 2. The third-order valence-electron chi connectivity index (χ3n) is 3.47. The summed E-state index contributed by atoms with van der Waals surface area (Å²) in [5.74, 6) is 0.0363. The molecule has 22 heavy (non-hydrogen) atoms. The van der Waals surface area contributed by atoms with Crippen LogP contribution in [0.4, 0.5) is 11.4 Å². The van der Waals surface area contributed by atoms with Crippen LogP contribution in [0.1, 0.15) is 4.88 Å². The number of rotatable bonds is 4. The van der Waals surface area contributed by atoms with Gasteiger partial charge < -0.3 is 15.5 Å². The molecule has 1 aliphatic heterocycles. The normalized spacial score (nSPS) is 14.9. The Morgan fingerprint density at radius 2 is 2.09 bits per heavy atom. The van der Waals surface area contributed by atoms with E-state index in [1.54, 1.807) is 16.2 Å². The van der Waals surface area contributed by atoms with E-state index in [-0.39, 0.29) is 11.8 Å². The Hall–Kier alpha value is -2.18. The van der Waals surface area contributed by atoms with Crippen LogP contribution in [0.2, 0.25) is 0 Å². The average molecular weight is 315 g/mol. The molecule has 2 N–H and O–H groups in total. The van der Waals surface area contributed by atoms with Gasteiger partial charge in [-0.2, -0.15) is 0 Å². The second kappa shape index (κ2) is 6.72. The lowest BCUT2D eigenvalue weighted by Gasteiger charge is -2.27. The van der Waals surface area contributed by atoms with Crippen molar-refractivity contribution in [2.45, 2.75) is 6.42 Å². The fourth-order valence-corrected chi connectivity index (χ4v) is 3.08. The first-order valence-corrected chi connectivity index (χ1v) is 8.04. The molecule has 0 aliphatic carbocycles. The van der Waals surface area contributed by atoms with Crippen LogP contribution in [0.3, 0.4) is 0 Å². The summed E-state index contributed by atoms with van der Waals surface area (Å²) in [6.07, 6.45) is 0.385. The molecule has 3 rings (SSSR count). The predicted octanol–water partition coefficient (Wildman–Crippen LogP) is 1.87. The summed E-state index contributed by atoms with van der Waals surface area (Å²) in [5.41, 5.74) is 1.61. The van der Waals surface area contributed by atoms with E-state index in [9.17, 15) is 9.59 Å². The van der Waals surface area contributed by atoms with Crippen LogP contribution >= 0.6 is 11.3 Å². The number of nitrogens with zero attached hydrogens (tertiary/aromatic N) is 1. The van der Waals surface area contributed by atoms with Crippen LogP contribution in [0, 0.1) is 0 Å². The van der Waals surface area contributed by atoms with E-state index in [1.807, 2.05) is 41.8 Å². The highest BCUT2D eigenvalue weighted by Crippen LogP contribution is 2.19. The number of anilines is 2. The van der Waals surface area contributed by atoms with E-state index in [0.29, 0.717) is 19.5 Å². The summed E-state index contributed by atoms with van der Waals surface area (Å²) >= 11 is 1.57. The number of hydrogen-bond acceptors (Lipinski definition) is 4. The first-order valence-electron chi connectivity index (χ1n) is 7.16. The van der Waals surface area contributed by atoms with Gasteiger partial charge in [0.1, 0.15) is 0 Å². The van der Waals surface area contributed by atoms with Gasteiger partial charge in [-0.05, 0) is 35.7 Å². The minimum absolute atomic E-state index is 0.0338. The van der Waals surface area contributed by atoms with Gasteiger partial charge in [0.05, 0.1) is 13.0 Å². The smallest absolute Gasteiger partial charge is 0.240 e. The summed E-state index contributed by atoms with van der Waals surface area (Å²) < 4.78 is 0. The number of amides is 2. The van der Waals surface area contributed by atoms with Gasteiger partial charge in [0.25, 0.3) is 0 Å². The summed E-state index contributed by atoms with van der Waals surface area (Å²) in [4.78, 5) is 26.6. The zero-order valence-electron chi connectivity index (χ0n) is 12.0. The van der Waals surface area contributed by atoms with Gasteiger partial charge in [-0.3, -0.25) is 9.59 Å². The molecule has 0 radical (unpaired) electrons.